The van der Waals surface area contributed by atoms with Gasteiger partial charge in [-0.2, -0.15) is 0 Å². The third-order valence-electron chi connectivity index (χ3n) is 3.44. The molecular formula is C15H18BrN5O3. The van der Waals surface area contributed by atoms with Crippen molar-refractivity contribution >= 4 is 44.7 Å². The molecule has 1 aromatic carbocycles. The van der Waals surface area contributed by atoms with Gasteiger partial charge in [0.2, 0.25) is 0 Å². The number of carboxylic acids is 1. The summed E-state index contributed by atoms with van der Waals surface area (Å²) in [5.41, 5.74) is 11.6. The van der Waals surface area contributed by atoms with Gasteiger partial charge in [0.15, 0.2) is 5.96 Å². The number of aliphatic imine (C=N–C) groups is 1. The SMILES string of the molecule is NC(N)=NCCC[C@H](NC(=O)c1c[nH]c2cc(Br)ccc12)C(=O)O. The maximum absolute atomic E-state index is 12.4. The third kappa shape index (κ3) is 4.48. The fourth-order valence-corrected chi connectivity index (χ4v) is 2.64. The van der Waals surface area contributed by atoms with E-state index in [-0.39, 0.29) is 12.4 Å². The number of nitrogens with zero attached hydrogens (tertiary/aromatic N) is 1. The van der Waals surface area contributed by atoms with E-state index < -0.39 is 17.9 Å². The first kappa shape index (κ1) is 17.8. The van der Waals surface area contributed by atoms with E-state index in [4.69, 9.17) is 11.5 Å². The molecule has 24 heavy (non-hydrogen) atoms. The Labute approximate surface area is 146 Å². The molecular weight excluding hydrogens is 378 g/mol. The zero-order valence-electron chi connectivity index (χ0n) is 12.8. The molecule has 2 rings (SSSR count). The number of aromatic amines is 1. The lowest BCUT2D eigenvalue weighted by Gasteiger charge is -2.13. The summed E-state index contributed by atoms with van der Waals surface area (Å²) >= 11 is 3.36. The van der Waals surface area contributed by atoms with E-state index in [1.54, 1.807) is 12.3 Å². The number of halogens is 1. The number of amides is 1. The fourth-order valence-electron chi connectivity index (χ4n) is 2.28. The number of rotatable bonds is 7. The highest BCUT2D eigenvalue weighted by Crippen LogP contribution is 2.22. The van der Waals surface area contributed by atoms with E-state index in [0.717, 1.165) is 15.4 Å². The molecule has 0 saturated carbocycles. The minimum atomic E-state index is -1.10. The molecule has 0 radical (unpaired) electrons. The number of nitrogens with two attached hydrogens (primary N) is 2. The average Bonchev–Trinajstić information content (AvgIpc) is 2.92. The molecule has 0 unspecified atom stereocenters. The molecule has 8 nitrogen and oxygen atoms in total. The van der Waals surface area contributed by atoms with Crippen molar-refractivity contribution in [1.82, 2.24) is 10.3 Å². The van der Waals surface area contributed by atoms with Crippen LogP contribution in [0.4, 0.5) is 0 Å². The summed E-state index contributed by atoms with van der Waals surface area (Å²) in [5, 5.41) is 12.5. The van der Waals surface area contributed by atoms with Crippen molar-refractivity contribution in [2.45, 2.75) is 18.9 Å². The quantitative estimate of drug-likeness (QED) is 0.271. The van der Waals surface area contributed by atoms with Crippen LogP contribution in [0.2, 0.25) is 0 Å². The number of hydrogen-bond acceptors (Lipinski definition) is 3. The van der Waals surface area contributed by atoms with Crippen LogP contribution in [0.3, 0.4) is 0 Å². The molecule has 1 heterocycles. The first-order valence-corrected chi connectivity index (χ1v) is 8.03. The van der Waals surface area contributed by atoms with Crippen LogP contribution in [-0.2, 0) is 4.79 Å². The minimum absolute atomic E-state index is 0.0455. The van der Waals surface area contributed by atoms with Crippen LogP contribution in [0.1, 0.15) is 23.2 Å². The second kappa shape index (κ2) is 7.82. The highest BCUT2D eigenvalue weighted by Gasteiger charge is 2.21. The molecule has 0 aliphatic carbocycles. The van der Waals surface area contributed by atoms with E-state index in [9.17, 15) is 14.7 Å². The number of aromatic nitrogens is 1. The van der Waals surface area contributed by atoms with Gasteiger partial charge in [-0.05, 0) is 25.0 Å². The highest BCUT2D eigenvalue weighted by atomic mass is 79.9. The normalized spacial score (nSPS) is 11.9. The van der Waals surface area contributed by atoms with Gasteiger partial charge in [-0.3, -0.25) is 9.79 Å². The number of carbonyl (C=O) groups is 2. The molecule has 0 spiro atoms. The number of fused-ring (bicyclic) bond motifs is 1. The van der Waals surface area contributed by atoms with Crippen molar-refractivity contribution in [2.75, 3.05) is 6.54 Å². The summed E-state index contributed by atoms with van der Waals surface area (Å²) in [6, 6.07) is 4.44. The van der Waals surface area contributed by atoms with Crippen LogP contribution < -0.4 is 16.8 Å². The van der Waals surface area contributed by atoms with Crippen molar-refractivity contribution in [2.24, 2.45) is 16.5 Å². The van der Waals surface area contributed by atoms with E-state index >= 15 is 0 Å². The summed E-state index contributed by atoms with van der Waals surface area (Å²) in [6.45, 7) is 0.309. The predicted molar refractivity (Wildman–Crippen MR) is 94.8 cm³/mol. The van der Waals surface area contributed by atoms with Crippen LogP contribution >= 0.6 is 15.9 Å². The number of H-pyrrole nitrogens is 1. The molecule has 0 bridgehead atoms. The number of guanidine groups is 1. The molecule has 1 atom stereocenters. The molecule has 128 valence electrons. The van der Waals surface area contributed by atoms with Gasteiger partial charge in [-0.25, -0.2) is 4.79 Å². The Morgan fingerprint density at radius 2 is 2.12 bits per heavy atom. The first-order valence-electron chi connectivity index (χ1n) is 7.24. The van der Waals surface area contributed by atoms with Gasteiger partial charge in [-0.1, -0.05) is 22.0 Å². The summed E-state index contributed by atoms with van der Waals surface area (Å²) in [4.78, 5) is 30.5. The Morgan fingerprint density at radius 1 is 1.38 bits per heavy atom. The van der Waals surface area contributed by atoms with Gasteiger partial charge in [0.25, 0.3) is 5.91 Å². The maximum Gasteiger partial charge on any atom is 0.326 e. The van der Waals surface area contributed by atoms with Crippen molar-refractivity contribution < 1.29 is 14.7 Å². The monoisotopic (exact) mass is 395 g/mol. The fraction of sp³-hybridized carbons (Fsp3) is 0.267. The Bertz CT molecular complexity index is 783. The zero-order chi connectivity index (χ0) is 17.7. The zero-order valence-corrected chi connectivity index (χ0v) is 14.3. The molecule has 0 aliphatic rings. The maximum atomic E-state index is 12.4. The molecule has 1 amide bonds. The predicted octanol–water partition coefficient (Wildman–Crippen LogP) is 1.17. The number of nitrogens with one attached hydrogen (secondary N) is 2. The second-order valence-corrected chi connectivity index (χ2v) is 6.12. The summed E-state index contributed by atoms with van der Waals surface area (Å²) < 4.78 is 0.881. The first-order chi connectivity index (χ1) is 11.4. The number of benzene rings is 1. The Balaban J connectivity index is 2.06. The number of hydrogen-bond donors (Lipinski definition) is 5. The van der Waals surface area contributed by atoms with Crippen LogP contribution in [0, 0.1) is 0 Å². The van der Waals surface area contributed by atoms with Crippen LogP contribution in [-0.4, -0.2) is 40.5 Å². The number of carbonyl (C=O) groups excluding carboxylic acids is 1. The summed E-state index contributed by atoms with van der Waals surface area (Å²) in [5.74, 6) is -1.59. The van der Waals surface area contributed by atoms with Crippen molar-refractivity contribution in [3.63, 3.8) is 0 Å². The standard InChI is InChI=1S/C15H18BrN5O3/c16-8-3-4-9-10(7-20-12(9)6-8)13(22)21-11(14(23)24)2-1-5-19-15(17)18/h3-4,6-7,11,20H,1-2,5H2,(H,21,22)(H,23,24)(H4,17,18,19)/t11-/m0/s1. The lowest BCUT2D eigenvalue weighted by atomic mass is 10.1. The molecule has 0 aliphatic heterocycles. The number of aliphatic carboxylic acids is 1. The molecule has 0 saturated heterocycles. The van der Waals surface area contributed by atoms with E-state index in [0.29, 0.717) is 18.5 Å². The third-order valence-corrected chi connectivity index (χ3v) is 3.93. The van der Waals surface area contributed by atoms with Crippen LogP contribution in [0.25, 0.3) is 10.9 Å². The molecule has 0 fully saturated rings. The van der Waals surface area contributed by atoms with E-state index in [1.807, 2.05) is 12.1 Å². The number of carboxylic acid groups (broad SMARTS) is 1. The van der Waals surface area contributed by atoms with E-state index in [1.165, 1.54) is 0 Å². The lowest BCUT2D eigenvalue weighted by Crippen LogP contribution is -2.40. The van der Waals surface area contributed by atoms with Crippen molar-refractivity contribution in [3.8, 4) is 0 Å². The molecule has 1 aromatic heterocycles. The Hall–Kier alpha value is -2.55. The molecule has 2 aromatic rings. The van der Waals surface area contributed by atoms with Gasteiger partial charge in [0.1, 0.15) is 6.04 Å². The molecule has 7 N–H and O–H groups in total. The summed E-state index contributed by atoms with van der Waals surface area (Å²) in [7, 11) is 0. The lowest BCUT2D eigenvalue weighted by molar-refractivity contribution is -0.139. The minimum Gasteiger partial charge on any atom is -0.480 e. The Morgan fingerprint density at radius 3 is 2.79 bits per heavy atom. The van der Waals surface area contributed by atoms with Gasteiger partial charge < -0.3 is 26.9 Å². The highest BCUT2D eigenvalue weighted by molar-refractivity contribution is 9.10. The van der Waals surface area contributed by atoms with E-state index in [2.05, 4.69) is 31.2 Å². The van der Waals surface area contributed by atoms with Crippen LogP contribution in [0.15, 0.2) is 33.9 Å². The van der Waals surface area contributed by atoms with Crippen LogP contribution in [0.5, 0.6) is 0 Å². The molecule has 9 heteroatoms. The van der Waals surface area contributed by atoms with Crippen molar-refractivity contribution in [3.05, 3.63) is 34.4 Å². The average molecular weight is 396 g/mol. The largest absolute Gasteiger partial charge is 0.480 e. The second-order valence-electron chi connectivity index (χ2n) is 5.21. The van der Waals surface area contributed by atoms with Gasteiger partial charge in [-0.15, -0.1) is 0 Å². The Kier molecular flexibility index (Phi) is 5.80. The van der Waals surface area contributed by atoms with Gasteiger partial charge in [0.05, 0.1) is 5.56 Å². The van der Waals surface area contributed by atoms with Crippen molar-refractivity contribution in [1.29, 1.82) is 0 Å². The van der Waals surface area contributed by atoms with Gasteiger partial charge in [0, 0.05) is 28.1 Å². The topological polar surface area (TPSA) is 147 Å². The van der Waals surface area contributed by atoms with Gasteiger partial charge >= 0.3 is 5.97 Å². The smallest absolute Gasteiger partial charge is 0.326 e. The summed E-state index contributed by atoms with van der Waals surface area (Å²) in [6.07, 6.45) is 2.23.